The molecular weight excluding hydrogens is 338 g/mol. The Hall–Kier alpha value is -1.30. The zero-order valence-electron chi connectivity index (χ0n) is 15.0. The number of carbonyl (C=O) groups is 1. The Morgan fingerprint density at radius 3 is 2.56 bits per heavy atom. The average molecular weight is 368 g/mol. The summed E-state index contributed by atoms with van der Waals surface area (Å²) in [6.07, 6.45) is 5.83. The Labute approximate surface area is 156 Å². The number of nitrogens with one attached hydrogen (secondary N) is 2. The maximum absolute atomic E-state index is 12.4. The Morgan fingerprint density at radius 2 is 1.96 bits per heavy atom. The molecule has 1 aromatic rings. The van der Waals surface area contributed by atoms with Gasteiger partial charge in [-0.25, -0.2) is 0 Å². The van der Waals surface area contributed by atoms with Crippen LogP contribution >= 0.6 is 12.4 Å². The van der Waals surface area contributed by atoms with Crippen molar-refractivity contribution in [3.8, 4) is 5.75 Å². The first kappa shape index (κ1) is 20.0. The van der Waals surface area contributed by atoms with Gasteiger partial charge in [0.15, 0.2) is 0 Å². The van der Waals surface area contributed by atoms with Gasteiger partial charge in [0.25, 0.3) is 0 Å². The van der Waals surface area contributed by atoms with Gasteiger partial charge in [-0.1, -0.05) is 18.6 Å². The molecular formula is C19H30ClN3O2. The molecule has 2 atom stereocenters. The van der Waals surface area contributed by atoms with Gasteiger partial charge in [-0.3, -0.25) is 9.69 Å². The number of methoxy groups -OCH3 is 1. The molecule has 0 saturated carbocycles. The summed E-state index contributed by atoms with van der Waals surface area (Å²) < 4.78 is 5.27. The van der Waals surface area contributed by atoms with Gasteiger partial charge in [0.1, 0.15) is 5.75 Å². The van der Waals surface area contributed by atoms with E-state index in [1.165, 1.54) is 24.8 Å². The van der Waals surface area contributed by atoms with E-state index in [4.69, 9.17) is 4.74 Å². The molecule has 0 radical (unpaired) electrons. The van der Waals surface area contributed by atoms with Crippen LogP contribution in [0.15, 0.2) is 24.3 Å². The number of rotatable bonds is 6. The normalized spacial score (nSPS) is 22.0. The second-order valence-electron chi connectivity index (χ2n) is 6.78. The molecule has 2 aliphatic rings. The second-order valence-corrected chi connectivity index (χ2v) is 6.78. The fraction of sp³-hybridized carbons (Fsp3) is 0.632. The first-order valence-corrected chi connectivity index (χ1v) is 9.17. The smallest absolute Gasteiger partial charge is 0.237 e. The lowest BCUT2D eigenvalue weighted by Gasteiger charge is -2.35. The lowest BCUT2D eigenvalue weighted by molar-refractivity contribution is -0.123. The summed E-state index contributed by atoms with van der Waals surface area (Å²) in [5, 5.41) is 6.45. The monoisotopic (exact) mass is 367 g/mol. The molecule has 25 heavy (non-hydrogen) atoms. The molecule has 0 bridgehead atoms. The maximum atomic E-state index is 12.4. The van der Waals surface area contributed by atoms with E-state index in [9.17, 15) is 4.79 Å². The number of hydrogen-bond donors (Lipinski definition) is 2. The van der Waals surface area contributed by atoms with E-state index in [0.717, 1.165) is 38.2 Å². The van der Waals surface area contributed by atoms with Gasteiger partial charge in [-0.15, -0.1) is 12.4 Å². The van der Waals surface area contributed by atoms with Crippen LogP contribution in [0.1, 0.15) is 43.7 Å². The Balaban J connectivity index is 0.00000225. The number of hydrogen-bond acceptors (Lipinski definition) is 4. The number of likely N-dealkylation sites (tertiary alicyclic amines) is 1. The van der Waals surface area contributed by atoms with E-state index in [1.807, 2.05) is 12.1 Å². The summed E-state index contributed by atoms with van der Waals surface area (Å²) in [6.45, 7) is 3.83. The quantitative estimate of drug-likeness (QED) is 0.811. The number of carbonyl (C=O) groups excluding carboxylic acids is 1. The van der Waals surface area contributed by atoms with E-state index >= 15 is 0 Å². The minimum absolute atomic E-state index is 0. The predicted octanol–water partition coefficient (Wildman–Crippen LogP) is 2.51. The summed E-state index contributed by atoms with van der Waals surface area (Å²) in [5.41, 5.74) is 1.25. The van der Waals surface area contributed by atoms with Crippen molar-refractivity contribution in [1.29, 1.82) is 0 Å². The molecule has 5 nitrogen and oxygen atoms in total. The van der Waals surface area contributed by atoms with Crippen LogP contribution in [0.3, 0.4) is 0 Å². The lowest BCUT2D eigenvalue weighted by Crippen LogP contribution is -2.45. The van der Waals surface area contributed by atoms with Crippen LogP contribution < -0.4 is 15.4 Å². The third kappa shape index (κ3) is 5.33. The molecule has 0 aromatic heterocycles. The Kier molecular flexibility index (Phi) is 8.00. The standard InChI is InChI=1S/C19H29N3O2.ClH/c1-24-16-9-7-15(8-10-16)18(22-12-3-2-4-13-22)14-21-19(23)17-6-5-11-20-17;/h7-10,17-18,20H,2-6,11-14H2,1H3,(H,21,23);1H. The van der Waals surface area contributed by atoms with Crippen molar-refractivity contribution in [1.82, 2.24) is 15.5 Å². The minimum Gasteiger partial charge on any atom is -0.497 e. The van der Waals surface area contributed by atoms with Gasteiger partial charge >= 0.3 is 0 Å². The van der Waals surface area contributed by atoms with Gasteiger partial charge < -0.3 is 15.4 Å². The van der Waals surface area contributed by atoms with Crippen molar-refractivity contribution in [3.05, 3.63) is 29.8 Å². The maximum Gasteiger partial charge on any atom is 0.237 e. The van der Waals surface area contributed by atoms with Crippen molar-refractivity contribution in [2.75, 3.05) is 33.3 Å². The highest BCUT2D eigenvalue weighted by Crippen LogP contribution is 2.26. The second kappa shape index (κ2) is 10.00. The van der Waals surface area contributed by atoms with Crippen molar-refractivity contribution >= 4 is 18.3 Å². The largest absolute Gasteiger partial charge is 0.497 e. The molecule has 3 rings (SSSR count). The molecule has 1 aromatic carbocycles. The number of amides is 1. The van der Waals surface area contributed by atoms with Gasteiger partial charge in [0, 0.05) is 6.54 Å². The van der Waals surface area contributed by atoms with Gasteiger partial charge in [-0.2, -0.15) is 0 Å². The molecule has 1 amide bonds. The van der Waals surface area contributed by atoms with Gasteiger partial charge in [-0.05, 0) is 63.0 Å². The summed E-state index contributed by atoms with van der Waals surface area (Å²) in [6, 6.07) is 8.49. The van der Waals surface area contributed by atoms with Crippen molar-refractivity contribution in [2.45, 2.75) is 44.2 Å². The van der Waals surface area contributed by atoms with Crippen LogP contribution in [0.2, 0.25) is 0 Å². The number of ether oxygens (including phenoxy) is 1. The highest BCUT2D eigenvalue weighted by molar-refractivity contribution is 5.85. The number of halogens is 1. The van der Waals surface area contributed by atoms with Crippen LogP contribution in [-0.2, 0) is 4.79 Å². The lowest BCUT2D eigenvalue weighted by atomic mass is 10.0. The highest BCUT2D eigenvalue weighted by atomic mass is 35.5. The highest BCUT2D eigenvalue weighted by Gasteiger charge is 2.26. The summed E-state index contributed by atoms with van der Waals surface area (Å²) in [7, 11) is 1.69. The topological polar surface area (TPSA) is 53.6 Å². The van der Waals surface area contributed by atoms with Crippen molar-refractivity contribution < 1.29 is 9.53 Å². The van der Waals surface area contributed by atoms with Gasteiger partial charge in [0.2, 0.25) is 5.91 Å². The molecule has 2 N–H and O–H groups in total. The van der Waals surface area contributed by atoms with E-state index in [2.05, 4.69) is 27.7 Å². The summed E-state index contributed by atoms with van der Waals surface area (Å²) in [5.74, 6) is 1.01. The van der Waals surface area contributed by atoms with Crippen molar-refractivity contribution in [3.63, 3.8) is 0 Å². The fourth-order valence-electron chi connectivity index (χ4n) is 3.74. The zero-order chi connectivity index (χ0) is 16.8. The molecule has 2 saturated heterocycles. The molecule has 0 spiro atoms. The number of nitrogens with zero attached hydrogens (tertiary/aromatic N) is 1. The molecule has 6 heteroatoms. The summed E-state index contributed by atoms with van der Waals surface area (Å²) >= 11 is 0. The third-order valence-electron chi connectivity index (χ3n) is 5.18. The van der Waals surface area contributed by atoms with E-state index < -0.39 is 0 Å². The van der Waals surface area contributed by atoms with Crippen LogP contribution in [0.25, 0.3) is 0 Å². The molecule has 0 aliphatic carbocycles. The van der Waals surface area contributed by atoms with Crippen LogP contribution in [0, 0.1) is 0 Å². The number of piperidine rings is 1. The summed E-state index contributed by atoms with van der Waals surface area (Å²) in [4.78, 5) is 14.9. The molecule has 2 unspecified atom stereocenters. The minimum atomic E-state index is -0.0112. The van der Waals surface area contributed by atoms with Crippen molar-refractivity contribution in [2.24, 2.45) is 0 Å². The fourth-order valence-corrected chi connectivity index (χ4v) is 3.74. The first-order chi connectivity index (χ1) is 11.8. The average Bonchev–Trinajstić information content (AvgIpc) is 3.18. The zero-order valence-corrected chi connectivity index (χ0v) is 15.8. The number of benzene rings is 1. The first-order valence-electron chi connectivity index (χ1n) is 9.17. The Bertz CT molecular complexity index is 526. The molecule has 2 heterocycles. The van der Waals surface area contributed by atoms with E-state index in [-0.39, 0.29) is 30.4 Å². The van der Waals surface area contributed by atoms with E-state index in [1.54, 1.807) is 7.11 Å². The molecule has 2 fully saturated rings. The van der Waals surface area contributed by atoms with Crippen LogP contribution in [-0.4, -0.2) is 50.1 Å². The predicted molar refractivity (Wildman–Crippen MR) is 102 cm³/mol. The van der Waals surface area contributed by atoms with Crippen LogP contribution in [0.5, 0.6) is 5.75 Å². The molecule has 140 valence electrons. The third-order valence-corrected chi connectivity index (χ3v) is 5.18. The van der Waals surface area contributed by atoms with E-state index in [0.29, 0.717) is 6.54 Å². The SMILES string of the molecule is COc1ccc(C(CNC(=O)C2CCCN2)N2CCCCC2)cc1.Cl. The molecule has 2 aliphatic heterocycles. The van der Waals surface area contributed by atoms with Crippen LogP contribution in [0.4, 0.5) is 0 Å². The Morgan fingerprint density at radius 1 is 1.24 bits per heavy atom. The van der Waals surface area contributed by atoms with Gasteiger partial charge in [0.05, 0.1) is 19.2 Å².